The van der Waals surface area contributed by atoms with Crippen molar-refractivity contribution >= 4 is 11.8 Å². The average molecular weight is 174 g/mol. The Labute approximate surface area is 73.6 Å². The fourth-order valence-corrected chi connectivity index (χ4v) is 3.31. The Balaban J connectivity index is 2.74. The van der Waals surface area contributed by atoms with Crippen LogP contribution in [-0.2, 0) is 0 Å². The van der Waals surface area contributed by atoms with Crippen molar-refractivity contribution in [2.75, 3.05) is 11.5 Å². The summed E-state index contributed by atoms with van der Waals surface area (Å²) in [7, 11) is 0. The molecular weight excluding hydrogens is 156 g/mol. The van der Waals surface area contributed by atoms with E-state index in [1.54, 1.807) is 0 Å². The van der Waals surface area contributed by atoms with Gasteiger partial charge in [-0.3, -0.25) is 0 Å². The number of hydrogen-bond donors (Lipinski definition) is 1. The first-order valence-electron chi connectivity index (χ1n) is 4.32. The molecule has 1 N–H and O–H groups in total. The van der Waals surface area contributed by atoms with Crippen molar-refractivity contribution in [1.29, 1.82) is 0 Å². The SMILES string of the molecule is CCC1(O)CSCCC1(C)C. The lowest BCUT2D eigenvalue weighted by molar-refractivity contribution is -0.0545. The molecule has 1 atom stereocenters. The minimum atomic E-state index is -0.421. The minimum absolute atomic E-state index is 0.118. The zero-order valence-corrected chi connectivity index (χ0v) is 8.50. The van der Waals surface area contributed by atoms with E-state index in [1.165, 1.54) is 5.75 Å². The van der Waals surface area contributed by atoms with E-state index in [1.807, 2.05) is 11.8 Å². The molecule has 1 unspecified atom stereocenters. The largest absolute Gasteiger partial charge is 0.388 e. The Bertz CT molecular complexity index is 144. The molecular formula is C9H18OS. The van der Waals surface area contributed by atoms with Gasteiger partial charge < -0.3 is 5.11 Å². The number of rotatable bonds is 1. The molecule has 0 aliphatic carbocycles. The van der Waals surface area contributed by atoms with Crippen LogP contribution < -0.4 is 0 Å². The molecule has 11 heavy (non-hydrogen) atoms. The zero-order chi connectivity index (χ0) is 8.54. The maximum atomic E-state index is 10.2. The summed E-state index contributed by atoms with van der Waals surface area (Å²) in [5.74, 6) is 2.12. The molecule has 1 saturated heterocycles. The molecule has 2 heteroatoms. The molecule has 0 aromatic heterocycles. The molecule has 0 saturated carbocycles. The van der Waals surface area contributed by atoms with Crippen LogP contribution in [0.4, 0.5) is 0 Å². The van der Waals surface area contributed by atoms with Gasteiger partial charge in [0.1, 0.15) is 0 Å². The molecule has 0 bridgehead atoms. The summed E-state index contributed by atoms with van der Waals surface area (Å²) in [5.41, 5.74) is -0.303. The Hall–Kier alpha value is 0.310. The Morgan fingerprint density at radius 3 is 2.45 bits per heavy atom. The van der Waals surface area contributed by atoms with E-state index in [0.717, 1.165) is 18.6 Å². The van der Waals surface area contributed by atoms with E-state index < -0.39 is 5.60 Å². The third-order valence-corrected chi connectivity index (χ3v) is 4.23. The monoisotopic (exact) mass is 174 g/mol. The van der Waals surface area contributed by atoms with Crippen LogP contribution in [0.5, 0.6) is 0 Å². The predicted molar refractivity (Wildman–Crippen MR) is 51.0 cm³/mol. The standard InChI is InChI=1S/C9H18OS/c1-4-9(10)7-11-6-5-8(9,2)3/h10H,4-7H2,1-3H3. The van der Waals surface area contributed by atoms with Crippen molar-refractivity contribution in [1.82, 2.24) is 0 Å². The molecule has 1 aliphatic heterocycles. The van der Waals surface area contributed by atoms with Gasteiger partial charge in [-0.05, 0) is 24.0 Å². The molecule has 1 aliphatic rings. The van der Waals surface area contributed by atoms with Crippen LogP contribution in [0, 0.1) is 5.41 Å². The van der Waals surface area contributed by atoms with Crippen molar-refractivity contribution in [3.8, 4) is 0 Å². The highest BCUT2D eigenvalue weighted by molar-refractivity contribution is 7.99. The fourth-order valence-electron chi connectivity index (χ4n) is 1.58. The molecule has 66 valence electrons. The van der Waals surface area contributed by atoms with Gasteiger partial charge >= 0.3 is 0 Å². The fraction of sp³-hybridized carbons (Fsp3) is 1.00. The third kappa shape index (κ3) is 1.57. The average Bonchev–Trinajstić information content (AvgIpc) is 1.95. The molecule has 0 aromatic rings. The van der Waals surface area contributed by atoms with Crippen LogP contribution in [0.25, 0.3) is 0 Å². The Morgan fingerprint density at radius 1 is 1.45 bits per heavy atom. The van der Waals surface area contributed by atoms with Crippen molar-refractivity contribution in [2.45, 2.75) is 39.2 Å². The topological polar surface area (TPSA) is 20.2 Å². The van der Waals surface area contributed by atoms with Crippen molar-refractivity contribution < 1.29 is 5.11 Å². The summed E-state index contributed by atoms with van der Waals surface area (Å²) in [6.07, 6.45) is 2.02. The van der Waals surface area contributed by atoms with Gasteiger partial charge in [0.2, 0.25) is 0 Å². The number of hydrogen-bond acceptors (Lipinski definition) is 2. The smallest absolute Gasteiger partial charge is 0.0786 e. The van der Waals surface area contributed by atoms with E-state index in [9.17, 15) is 5.11 Å². The lowest BCUT2D eigenvalue weighted by Gasteiger charge is -2.45. The molecule has 0 spiro atoms. The van der Waals surface area contributed by atoms with Gasteiger partial charge in [-0.25, -0.2) is 0 Å². The van der Waals surface area contributed by atoms with Crippen LogP contribution in [0.15, 0.2) is 0 Å². The predicted octanol–water partition coefficient (Wildman–Crippen LogP) is 2.29. The quantitative estimate of drug-likeness (QED) is 0.658. The van der Waals surface area contributed by atoms with E-state index in [2.05, 4.69) is 20.8 Å². The summed E-state index contributed by atoms with van der Waals surface area (Å²) >= 11 is 1.88. The normalized spacial score (nSPS) is 37.1. The van der Waals surface area contributed by atoms with Crippen LogP contribution in [0.3, 0.4) is 0 Å². The zero-order valence-electron chi connectivity index (χ0n) is 7.68. The number of thioether (sulfide) groups is 1. The first kappa shape index (κ1) is 9.40. The van der Waals surface area contributed by atoms with Crippen molar-refractivity contribution in [3.63, 3.8) is 0 Å². The van der Waals surface area contributed by atoms with Crippen molar-refractivity contribution in [2.24, 2.45) is 5.41 Å². The number of aliphatic hydroxyl groups is 1. The lowest BCUT2D eigenvalue weighted by Crippen LogP contribution is -2.49. The summed E-state index contributed by atoms with van der Waals surface area (Å²) in [6.45, 7) is 6.43. The second-order valence-electron chi connectivity index (χ2n) is 4.07. The summed E-state index contributed by atoms with van der Waals surface area (Å²) in [4.78, 5) is 0. The van der Waals surface area contributed by atoms with Crippen LogP contribution in [0.2, 0.25) is 0 Å². The van der Waals surface area contributed by atoms with E-state index in [-0.39, 0.29) is 5.41 Å². The van der Waals surface area contributed by atoms with Gasteiger partial charge in [0, 0.05) is 5.75 Å². The van der Waals surface area contributed by atoms with Gasteiger partial charge in [-0.1, -0.05) is 20.8 Å². The van der Waals surface area contributed by atoms with Gasteiger partial charge in [0.05, 0.1) is 5.60 Å². The molecule has 1 nitrogen and oxygen atoms in total. The highest BCUT2D eigenvalue weighted by Gasteiger charge is 2.43. The van der Waals surface area contributed by atoms with Crippen LogP contribution >= 0.6 is 11.8 Å². The Morgan fingerprint density at radius 2 is 2.09 bits per heavy atom. The highest BCUT2D eigenvalue weighted by atomic mass is 32.2. The minimum Gasteiger partial charge on any atom is -0.388 e. The van der Waals surface area contributed by atoms with E-state index in [4.69, 9.17) is 0 Å². The van der Waals surface area contributed by atoms with Crippen LogP contribution in [-0.4, -0.2) is 22.2 Å². The lowest BCUT2D eigenvalue weighted by atomic mass is 9.72. The molecule has 0 amide bonds. The first-order valence-corrected chi connectivity index (χ1v) is 5.47. The van der Waals surface area contributed by atoms with E-state index >= 15 is 0 Å². The highest BCUT2D eigenvalue weighted by Crippen LogP contribution is 2.43. The van der Waals surface area contributed by atoms with Crippen molar-refractivity contribution in [3.05, 3.63) is 0 Å². The Kier molecular flexibility index (Phi) is 2.55. The summed E-state index contributed by atoms with van der Waals surface area (Å²) in [5, 5.41) is 10.2. The molecule has 1 rings (SSSR count). The van der Waals surface area contributed by atoms with Gasteiger partial charge in [0.25, 0.3) is 0 Å². The third-order valence-electron chi connectivity index (χ3n) is 3.06. The maximum Gasteiger partial charge on any atom is 0.0786 e. The first-order chi connectivity index (χ1) is 5.02. The maximum absolute atomic E-state index is 10.2. The van der Waals surface area contributed by atoms with E-state index in [0.29, 0.717) is 0 Å². The summed E-state index contributed by atoms with van der Waals surface area (Å²) < 4.78 is 0. The second kappa shape index (κ2) is 2.98. The molecule has 0 aromatic carbocycles. The molecule has 1 fully saturated rings. The van der Waals surface area contributed by atoms with Gasteiger partial charge in [-0.15, -0.1) is 0 Å². The van der Waals surface area contributed by atoms with Crippen LogP contribution in [0.1, 0.15) is 33.6 Å². The second-order valence-corrected chi connectivity index (χ2v) is 5.18. The molecule has 0 radical (unpaired) electrons. The van der Waals surface area contributed by atoms with Gasteiger partial charge in [-0.2, -0.15) is 11.8 Å². The van der Waals surface area contributed by atoms with Gasteiger partial charge in [0.15, 0.2) is 0 Å². The molecule has 1 heterocycles. The summed E-state index contributed by atoms with van der Waals surface area (Å²) in [6, 6.07) is 0.